The molecular weight excluding hydrogens is 437 g/mol. The minimum atomic E-state index is -0.619. The van der Waals surface area contributed by atoms with Crippen LogP contribution in [-0.4, -0.2) is 43.1 Å². The fourth-order valence-corrected chi connectivity index (χ4v) is 5.56. The summed E-state index contributed by atoms with van der Waals surface area (Å²) >= 11 is 13.7. The highest BCUT2D eigenvalue weighted by Crippen LogP contribution is 2.46. The number of nitrogens with zero attached hydrogens (tertiary/aromatic N) is 3. The number of likely N-dealkylation sites (tertiary alicyclic amines) is 1. The first kappa shape index (κ1) is 21.0. The minimum absolute atomic E-state index is 0.0581. The summed E-state index contributed by atoms with van der Waals surface area (Å²) in [6.07, 6.45) is 3.62. The highest BCUT2D eigenvalue weighted by atomic mass is 35.5. The molecule has 2 aromatic rings. The number of halogens is 4. The molecular formula is C20H22Cl2F2N4S. The second-order valence-electron chi connectivity index (χ2n) is 7.94. The third-order valence-corrected chi connectivity index (χ3v) is 7.25. The van der Waals surface area contributed by atoms with Crippen LogP contribution in [0.25, 0.3) is 0 Å². The fourth-order valence-electron chi connectivity index (χ4n) is 4.26. The average molecular weight is 459 g/mol. The summed E-state index contributed by atoms with van der Waals surface area (Å²) in [7, 11) is 2.16. The molecule has 0 atom stereocenters. The number of aromatic nitrogens is 1. The van der Waals surface area contributed by atoms with Gasteiger partial charge in [0.1, 0.15) is 10.8 Å². The van der Waals surface area contributed by atoms with E-state index >= 15 is 0 Å². The van der Waals surface area contributed by atoms with Crippen LogP contribution >= 0.6 is 35.1 Å². The van der Waals surface area contributed by atoms with E-state index in [9.17, 15) is 8.78 Å². The van der Waals surface area contributed by atoms with Crippen LogP contribution in [-0.2, 0) is 0 Å². The maximum atomic E-state index is 15.0. The standard InChI is InChI=1S/C20H22Cl2F2N4S/c1-27-8-3-2-7-20(10-27)11-28(12-20)14-9-13(21)19(18(24)17(14)22)29-26-16-6-4-5-15(23)25-16/h4-6,9H,2-3,7-8,10-12H2,1H3,(H,25,26). The predicted molar refractivity (Wildman–Crippen MR) is 116 cm³/mol. The van der Waals surface area contributed by atoms with Crippen LogP contribution < -0.4 is 9.62 Å². The topological polar surface area (TPSA) is 31.4 Å². The Morgan fingerprint density at radius 1 is 1.17 bits per heavy atom. The zero-order valence-corrected chi connectivity index (χ0v) is 18.3. The van der Waals surface area contributed by atoms with Crippen molar-refractivity contribution in [3.05, 3.63) is 46.1 Å². The van der Waals surface area contributed by atoms with E-state index in [1.807, 2.05) is 0 Å². The minimum Gasteiger partial charge on any atom is -0.369 e. The van der Waals surface area contributed by atoms with Crippen molar-refractivity contribution in [2.45, 2.75) is 24.2 Å². The molecule has 1 spiro atoms. The summed E-state index contributed by atoms with van der Waals surface area (Å²) < 4.78 is 31.0. The van der Waals surface area contributed by atoms with Crippen molar-refractivity contribution < 1.29 is 8.78 Å². The van der Waals surface area contributed by atoms with Gasteiger partial charge < -0.3 is 14.5 Å². The number of anilines is 2. The number of rotatable bonds is 4. The Hall–Kier alpha value is -1.28. The normalized spacial score (nSPS) is 19.1. The van der Waals surface area contributed by atoms with E-state index in [1.165, 1.54) is 31.4 Å². The van der Waals surface area contributed by atoms with Gasteiger partial charge in [-0.25, -0.2) is 9.37 Å². The second kappa shape index (κ2) is 8.46. The van der Waals surface area contributed by atoms with Crippen molar-refractivity contribution in [2.75, 3.05) is 42.8 Å². The van der Waals surface area contributed by atoms with Crippen LogP contribution in [0.2, 0.25) is 10.0 Å². The molecule has 0 amide bonds. The Morgan fingerprint density at radius 3 is 2.72 bits per heavy atom. The molecule has 0 bridgehead atoms. The lowest BCUT2D eigenvalue weighted by atomic mass is 9.75. The van der Waals surface area contributed by atoms with Gasteiger partial charge in [-0.1, -0.05) is 35.7 Å². The molecule has 2 aliphatic rings. The molecule has 29 heavy (non-hydrogen) atoms. The van der Waals surface area contributed by atoms with E-state index in [0.717, 1.165) is 38.1 Å². The summed E-state index contributed by atoms with van der Waals surface area (Å²) in [5, 5.41) is 0.317. The van der Waals surface area contributed by atoms with Gasteiger partial charge >= 0.3 is 0 Å². The molecule has 1 N–H and O–H groups in total. The maximum absolute atomic E-state index is 15.0. The van der Waals surface area contributed by atoms with Crippen LogP contribution in [0.4, 0.5) is 20.3 Å². The Morgan fingerprint density at radius 2 is 1.97 bits per heavy atom. The van der Waals surface area contributed by atoms with Crippen molar-refractivity contribution in [1.82, 2.24) is 9.88 Å². The molecule has 2 saturated heterocycles. The number of hydrogen-bond donors (Lipinski definition) is 1. The summed E-state index contributed by atoms with van der Waals surface area (Å²) in [5.41, 5.74) is 0.871. The summed E-state index contributed by atoms with van der Waals surface area (Å²) in [6.45, 7) is 3.88. The first-order valence-corrected chi connectivity index (χ1v) is 11.1. The fraction of sp³-hybridized carbons (Fsp3) is 0.450. The number of nitrogens with one attached hydrogen (secondary N) is 1. The van der Waals surface area contributed by atoms with Gasteiger partial charge in [0.05, 0.1) is 15.6 Å². The summed E-state index contributed by atoms with van der Waals surface area (Å²) in [6, 6.07) is 6.05. The maximum Gasteiger partial charge on any atom is 0.214 e. The van der Waals surface area contributed by atoms with Crippen LogP contribution in [0.15, 0.2) is 29.2 Å². The zero-order valence-electron chi connectivity index (χ0n) is 16.0. The molecule has 1 aromatic carbocycles. The third-order valence-electron chi connectivity index (χ3n) is 5.57. The van der Waals surface area contributed by atoms with Gasteiger partial charge in [0, 0.05) is 25.0 Å². The van der Waals surface area contributed by atoms with E-state index in [1.54, 1.807) is 12.1 Å². The van der Waals surface area contributed by atoms with E-state index < -0.39 is 11.8 Å². The third kappa shape index (κ3) is 4.43. The quantitative estimate of drug-likeness (QED) is 0.360. The molecule has 3 heterocycles. The van der Waals surface area contributed by atoms with Gasteiger partial charge in [-0.3, -0.25) is 0 Å². The van der Waals surface area contributed by atoms with Crippen molar-refractivity contribution in [3.63, 3.8) is 0 Å². The molecule has 0 radical (unpaired) electrons. The van der Waals surface area contributed by atoms with Crippen molar-refractivity contribution in [1.29, 1.82) is 0 Å². The first-order chi connectivity index (χ1) is 13.9. The van der Waals surface area contributed by atoms with Gasteiger partial charge in [0.15, 0.2) is 5.82 Å². The van der Waals surface area contributed by atoms with Crippen molar-refractivity contribution in [3.8, 4) is 0 Å². The number of benzene rings is 1. The van der Waals surface area contributed by atoms with Crippen LogP contribution in [0.5, 0.6) is 0 Å². The first-order valence-electron chi connectivity index (χ1n) is 9.53. The SMILES string of the molecule is CN1CCCCC2(C1)CN(c1cc(Cl)c(SNc3cccc(F)n3)c(F)c1Cl)C2. The highest BCUT2D eigenvalue weighted by Gasteiger charge is 2.45. The molecule has 2 aliphatic heterocycles. The van der Waals surface area contributed by atoms with Crippen LogP contribution in [0.1, 0.15) is 19.3 Å². The Kier molecular flexibility index (Phi) is 6.11. The van der Waals surface area contributed by atoms with E-state index in [0.29, 0.717) is 5.69 Å². The van der Waals surface area contributed by atoms with Gasteiger partial charge in [-0.05, 0) is 56.6 Å². The van der Waals surface area contributed by atoms with E-state index in [2.05, 4.69) is 26.6 Å². The lowest BCUT2D eigenvalue weighted by molar-refractivity contribution is 0.142. The number of pyridine rings is 1. The van der Waals surface area contributed by atoms with Gasteiger partial charge in [-0.15, -0.1) is 0 Å². The van der Waals surface area contributed by atoms with Crippen LogP contribution in [0, 0.1) is 17.2 Å². The summed E-state index contributed by atoms with van der Waals surface area (Å²) in [5.74, 6) is -0.929. The van der Waals surface area contributed by atoms with Gasteiger partial charge in [0.2, 0.25) is 5.95 Å². The van der Waals surface area contributed by atoms with Gasteiger partial charge in [-0.2, -0.15) is 4.39 Å². The molecule has 4 nitrogen and oxygen atoms in total. The molecule has 156 valence electrons. The smallest absolute Gasteiger partial charge is 0.214 e. The molecule has 0 unspecified atom stereocenters. The van der Waals surface area contributed by atoms with E-state index in [-0.39, 0.29) is 26.2 Å². The molecule has 9 heteroatoms. The lowest BCUT2D eigenvalue weighted by Crippen LogP contribution is -2.60. The lowest BCUT2D eigenvalue weighted by Gasteiger charge is -2.52. The molecule has 2 fully saturated rings. The Balaban J connectivity index is 1.49. The molecule has 1 aromatic heterocycles. The second-order valence-corrected chi connectivity index (χ2v) is 9.54. The molecule has 0 saturated carbocycles. The molecule has 0 aliphatic carbocycles. The number of hydrogen-bond acceptors (Lipinski definition) is 5. The Labute approximate surface area is 183 Å². The summed E-state index contributed by atoms with van der Waals surface area (Å²) in [4.78, 5) is 8.34. The average Bonchev–Trinajstić information content (AvgIpc) is 2.85. The highest BCUT2D eigenvalue weighted by molar-refractivity contribution is 8.00. The van der Waals surface area contributed by atoms with Crippen LogP contribution in [0.3, 0.4) is 0 Å². The van der Waals surface area contributed by atoms with Crippen molar-refractivity contribution >= 4 is 46.7 Å². The largest absolute Gasteiger partial charge is 0.369 e. The predicted octanol–water partition coefficient (Wildman–Crippen LogP) is 5.71. The van der Waals surface area contributed by atoms with Crippen molar-refractivity contribution in [2.24, 2.45) is 5.41 Å². The zero-order chi connectivity index (χ0) is 20.6. The Bertz CT molecular complexity index is 908. The van der Waals surface area contributed by atoms with Gasteiger partial charge in [0.25, 0.3) is 0 Å². The van der Waals surface area contributed by atoms with E-state index in [4.69, 9.17) is 23.2 Å². The monoisotopic (exact) mass is 458 g/mol. The molecule has 4 rings (SSSR count).